The van der Waals surface area contributed by atoms with Crippen LogP contribution < -0.4 is 0 Å². The molecule has 1 saturated carbocycles. The molecule has 1 aliphatic carbocycles. The number of hydrogen-bond donors (Lipinski definition) is 0. The quantitative estimate of drug-likeness (QED) is 0.756. The number of hydrogen-bond acceptors (Lipinski definition) is 2. The molecule has 2 rings (SSSR count). The number of rotatable bonds is 3. The van der Waals surface area contributed by atoms with Crippen LogP contribution in [-0.2, 0) is 9.59 Å². The zero-order chi connectivity index (χ0) is 12.3. The maximum atomic E-state index is 12.3. The molecule has 1 amide bonds. The van der Waals surface area contributed by atoms with Gasteiger partial charge in [0, 0.05) is 24.9 Å². The zero-order valence-electron chi connectivity index (χ0n) is 10.8. The van der Waals surface area contributed by atoms with Gasteiger partial charge in [-0.2, -0.15) is 0 Å². The smallest absolute Gasteiger partial charge is 0.225 e. The molecular formula is C14H23NO2. The van der Waals surface area contributed by atoms with Crippen LogP contribution in [-0.4, -0.2) is 29.2 Å². The highest BCUT2D eigenvalue weighted by Gasteiger charge is 2.33. The van der Waals surface area contributed by atoms with Crippen LogP contribution in [0.15, 0.2) is 0 Å². The lowest BCUT2D eigenvalue weighted by Crippen LogP contribution is -2.45. The summed E-state index contributed by atoms with van der Waals surface area (Å²) in [6.07, 6.45) is 8.34. The summed E-state index contributed by atoms with van der Waals surface area (Å²) in [6, 6.07) is 0.183. The Labute approximate surface area is 104 Å². The molecule has 2 aliphatic rings. The van der Waals surface area contributed by atoms with Crippen LogP contribution in [0.25, 0.3) is 0 Å². The Hall–Kier alpha value is -0.860. The fourth-order valence-corrected chi connectivity index (χ4v) is 2.90. The second-order valence-corrected chi connectivity index (χ2v) is 5.57. The maximum absolute atomic E-state index is 12.3. The van der Waals surface area contributed by atoms with Crippen LogP contribution in [0, 0.1) is 5.92 Å². The first-order valence-electron chi connectivity index (χ1n) is 6.98. The van der Waals surface area contributed by atoms with E-state index in [1.54, 1.807) is 6.92 Å². The molecule has 1 heterocycles. The van der Waals surface area contributed by atoms with Gasteiger partial charge in [-0.25, -0.2) is 0 Å². The molecule has 0 spiro atoms. The number of carbonyl (C=O) groups excluding carboxylic acids is 2. The van der Waals surface area contributed by atoms with E-state index >= 15 is 0 Å². The number of likely N-dealkylation sites (tertiary alicyclic amines) is 1. The van der Waals surface area contributed by atoms with Gasteiger partial charge in [0.2, 0.25) is 5.91 Å². The average Bonchev–Trinajstić information content (AvgIpc) is 2.39. The van der Waals surface area contributed by atoms with Gasteiger partial charge in [0.25, 0.3) is 0 Å². The molecule has 1 aliphatic heterocycles. The Morgan fingerprint density at radius 1 is 1.06 bits per heavy atom. The number of ketones is 1. The van der Waals surface area contributed by atoms with Crippen molar-refractivity contribution in [3.05, 3.63) is 0 Å². The highest BCUT2D eigenvalue weighted by atomic mass is 16.2. The Balaban J connectivity index is 2.02. The van der Waals surface area contributed by atoms with Crippen molar-refractivity contribution < 1.29 is 9.59 Å². The van der Waals surface area contributed by atoms with Crippen LogP contribution in [0.1, 0.15) is 58.3 Å². The molecule has 17 heavy (non-hydrogen) atoms. The van der Waals surface area contributed by atoms with Crippen LogP contribution in [0.5, 0.6) is 0 Å². The predicted octanol–water partition coefficient (Wildman–Crippen LogP) is 2.54. The van der Waals surface area contributed by atoms with Crippen molar-refractivity contribution >= 4 is 11.7 Å². The third-order valence-corrected chi connectivity index (χ3v) is 4.14. The van der Waals surface area contributed by atoms with E-state index in [0.29, 0.717) is 12.3 Å². The standard InChI is InChI=1S/C14H23NO2/c1-11(16)10-13-8-3-2-4-9-15(13)14(17)12-6-5-7-12/h12-13H,2-10H2,1H3. The molecule has 1 unspecified atom stereocenters. The van der Waals surface area contributed by atoms with Crippen molar-refractivity contribution in [3.8, 4) is 0 Å². The fourth-order valence-electron chi connectivity index (χ4n) is 2.90. The minimum Gasteiger partial charge on any atom is -0.339 e. The number of carbonyl (C=O) groups is 2. The maximum Gasteiger partial charge on any atom is 0.225 e. The molecule has 3 nitrogen and oxygen atoms in total. The molecule has 96 valence electrons. The van der Waals surface area contributed by atoms with Crippen molar-refractivity contribution in [3.63, 3.8) is 0 Å². The Kier molecular flexibility index (Phi) is 4.19. The van der Waals surface area contributed by atoms with Crippen LogP contribution in [0.3, 0.4) is 0 Å². The fraction of sp³-hybridized carbons (Fsp3) is 0.857. The van der Waals surface area contributed by atoms with Gasteiger partial charge in [-0.3, -0.25) is 9.59 Å². The van der Waals surface area contributed by atoms with Crippen molar-refractivity contribution in [2.75, 3.05) is 6.54 Å². The average molecular weight is 237 g/mol. The van der Waals surface area contributed by atoms with E-state index in [1.807, 2.05) is 4.90 Å². The van der Waals surface area contributed by atoms with Crippen LogP contribution in [0.2, 0.25) is 0 Å². The Bertz CT molecular complexity index is 297. The van der Waals surface area contributed by atoms with Gasteiger partial charge in [0.05, 0.1) is 0 Å². The van der Waals surface area contributed by atoms with E-state index < -0.39 is 0 Å². The molecular weight excluding hydrogens is 214 g/mol. The second-order valence-electron chi connectivity index (χ2n) is 5.57. The first-order valence-corrected chi connectivity index (χ1v) is 6.98. The predicted molar refractivity (Wildman–Crippen MR) is 66.6 cm³/mol. The molecule has 0 aromatic heterocycles. The monoisotopic (exact) mass is 237 g/mol. The summed E-state index contributed by atoms with van der Waals surface area (Å²) in [6.45, 7) is 2.50. The van der Waals surface area contributed by atoms with Crippen molar-refractivity contribution in [1.29, 1.82) is 0 Å². The summed E-state index contributed by atoms with van der Waals surface area (Å²) < 4.78 is 0. The summed E-state index contributed by atoms with van der Waals surface area (Å²) in [5.74, 6) is 0.801. The molecule has 1 atom stereocenters. The van der Waals surface area contributed by atoms with Gasteiger partial charge >= 0.3 is 0 Å². The highest BCUT2D eigenvalue weighted by molar-refractivity contribution is 5.81. The van der Waals surface area contributed by atoms with E-state index in [9.17, 15) is 9.59 Å². The van der Waals surface area contributed by atoms with E-state index in [0.717, 1.165) is 38.6 Å². The topological polar surface area (TPSA) is 37.4 Å². The van der Waals surface area contributed by atoms with Crippen molar-refractivity contribution in [2.24, 2.45) is 5.92 Å². The lowest BCUT2D eigenvalue weighted by Gasteiger charge is -2.35. The number of Topliss-reactive ketones (excluding diaryl/α,β-unsaturated/α-hetero) is 1. The first kappa shape index (κ1) is 12.6. The molecule has 3 heteroatoms. The third-order valence-electron chi connectivity index (χ3n) is 4.14. The van der Waals surface area contributed by atoms with E-state index in [4.69, 9.17) is 0 Å². The first-order chi connectivity index (χ1) is 8.18. The van der Waals surface area contributed by atoms with Crippen LogP contribution >= 0.6 is 0 Å². The van der Waals surface area contributed by atoms with Gasteiger partial charge in [0.1, 0.15) is 5.78 Å². The molecule has 0 N–H and O–H groups in total. The van der Waals surface area contributed by atoms with Gasteiger partial charge in [0.15, 0.2) is 0 Å². The van der Waals surface area contributed by atoms with Crippen molar-refractivity contribution in [1.82, 2.24) is 4.90 Å². The van der Waals surface area contributed by atoms with Gasteiger partial charge in [-0.05, 0) is 32.6 Å². The molecule has 0 aromatic rings. The lowest BCUT2D eigenvalue weighted by atomic mass is 9.84. The largest absolute Gasteiger partial charge is 0.339 e. The number of nitrogens with zero attached hydrogens (tertiary/aromatic N) is 1. The zero-order valence-corrected chi connectivity index (χ0v) is 10.8. The summed E-state index contributed by atoms with van der Waals surface area (Å²) in [5, 5.41) is 0. The molecule has 1 saturated heterocycles. The number of amides is 1. The van der Waals surface area contributed by atoms with Gasteiger partial charge in [-0.1, -0.05) is 19.3 Å². The lowest BCUT2D eigenvalue weighted by molar-refractivity contribution is -0.141. The molecule has 2 fully saturated rings. The minimum atomic E-state index is 0.183. The van der Waals surface area contributed by atoms with Gasteiger partial charge in [-0.15, -0.1) is 0 Å². The summed E-state index contributed by atoms with van der Waals surface area (Å²) in [5.41, 5.74) is 0. The van der Waals surface area contributed by atoms with E-state index in [-0.39, 0.29) is 17.7 Å². The van der Waals surface area contributed by atoms with Crippen molar-refractivity contribution in [2.45, 2.75) is 64.3 Å². The molecule has 0 bridgehead atoms. The molecule has 0 radical (unpaired) electrons. The van der Waals surface area contributed by atoms with Crippen LogP contribution in [0.4, 0.5) is 0 Å². The SMILES string of the molecule is CC(=O)CC1CCCCCN1C(=O)C1CCC1. The minimum absolute atomic E-state index is 0.183. The molecule has 0 aromatic carbocycles. The normalized spacial score (nSPS) is 26.2. The van der Waals surface area contributed by atoms with Gasteiger partial charge < -0.3 is 4.90 Å². The Morgan fingerprint density at radius 3 is 2.41 bits per heavy atom. The van der Waals surface area contributed by atoms with E-state index in [1.165, 1.54) is 12.8 Å². The summed E-state index contributed by atoms with van der Waals surface area (Å²) in [4.78, 5) is 25.7. The Morgan fingerprint density at radius 2 is 1.82 bits per heavy atom. The van der Waals surface area contributed by atoms with E-state index in [2.05, 4.69) is 0 Å². The highest BCUT2D eigenvalue weighted by Crippen LogP contribution is 2.31. The second kappa shape index (κ2) is 5.65. The third kappa shape index (κ3) is 3.08. The summed E-state index contributed by atoms with van der Waals surface area (Å²) in [7, 11) is 0. The summed E-state index contributed by atoms with van der Waals surface area (Å²) >= 11 is 0.